The summed E-state index contributed by atoms with van der Waals surface area (Å²) in [6.45, 7) is 1.94. The Morgan fingerprint density at radius 3 is 2.79 bits per heavy atom. The Morgan fingerprint density at radius 2 is 1.93 bits per heavy atom. The van der Waals surface area contributed by atoms with E-state index in [2.05, 4.69) is 5.32 Å². The number of carbonyl (C=O) groups is 2. The molecule has 0 radical (unpaired) electrons. The van der Waals surface area contributed by atoms with Crippen molar-refractivity contribution in [2.24, 2.45) is 0 Å². The average molecular weight is 388 g/mol. The van der Waals surface area contributed by atoms with E-state index in [0.717, 1.165) is 34.9 Å². The smallest absolute Gasteiger partial charge is 0.336 e. The molecule has 1 spiro atoms. The number of imide groups is 1. The number of fused-ring (bicyclic) bond motifs is 3. The van der Waals surface area contributed by atoms with E-state index in [0.29, 0.717) is 17.6 Å². The van der Waals surface area contributed by atoms with Crippen LogP contribution in [0.3, 0.4) is 0 Å². The van der Waals surface area contributed by atoms with Crippen molar-refractivity contribution >= 4 is 22.9 Å². The fourth-order valence-electron chi connectivity index (χ4n) is 4.59. The van der Waals surface area contributed by atoms with Gasteiger partial charge >= 0.3 is 11.7 Å². The van der Waals surface area contributed by atoms with Crippen LogP contribution >= 0.6 is 0 Å². The molecule has 0 unspecified atom stereocenters. The molecule has 0 saturated carbocycles. The highest BCUT2D eigenvalue weighted by Gasteiger charge is 2.53. The van der Waals surface area contributed by atoms with E-state index < -0.39 is 17.2 Å². The number of rotatable bonds is 2. The topological polar surface area (TPSA) is 79.6 Å². The molecule has 1 N–H and O–H groups in total. The SMILES string of the molecule is Cc1ccc2c(CN3C(=O)N[C@@]4(CCCc5ccccc54)C3=O)cc(=O)oc2c1. The van der Waals surface area contributed by atoms with Crippen molar-refractivity contribution in [1.82, 2.24) is 10.2 Å². The highest BCUT2D eigenvalue weighted by atomic mass is 16.4. The first kappa shape index (κ1) is 17.7. The normalized spacial score (nSPS) is 20.9. The molecular weight excluding hydrogens is 368 g/mol. The summed E-state index contributed by atoms with van der Waals surface area (Å²) in [5.74, 6) is -0.261. The van der Waals surface area contributed by atoms with Gasteiger partial charge in [-0.3, -0.25) is 9.69 Å². The number of nitrogens with zero attached hydrogens (tertiary/aromatic N) is 1. The van der Waals surface area contributed by atoms with Crippen molar-refractivity contribution in [1.29, 1.82) is 0 Å². The summed E-state index contributed by atoms with van der Waals surface area (Å²) in [5, 5.41) is 3.68. The van der Waals surface area contributed by atoms with Crippen molar-refractivity contribution in [3.63, 3.8) is 0 Å². The first-order chi connectivity index (χ1) is 14.0. The summed E-state index contributed by atoms with van der Waals surface area (Å²) < 4.78 is 5.30. The summed E-state index contributed by atoms with van der Waals surface area (Å²) in [7, 11) is 0. The van der Waals surface area contributed by atoms with Gasteiger partial charge in [-0.2, -0.15) is 0 Å². The number of hydrogen-bond donors (Lipinski definition) is 1. The molecule has 3 amide bonds. The minimum absolute atomic E-state index is 0.0275. The van der Waals surface area contributed by atoms with Crippen molar-refractivity contribution in [3.8, 4) is 0 Å². The second-order valence-corrected chi connectivity index (χ2v) is 7.83. The van der Waals surface area contributed by atoms with E-state index >= 15 is 0 Å². The van der Waals surface area contributed by atoms with Crippen LogP contribution in [0.15, 0.2) is 57.7 Å². The van der Waals surface area contributed by atoms with Gasteiger partial charge in [0.05, 0.1) is 6.54 Å². The maximum absolute atomic E-state index is 13.5. The van der Waals surface area contributed by atoms with E-state index in [-0.39, 0.29) is 12.5 Å². The van der Waals surface area contributed by atoms with Gasteiger partial charge in [-0.15, -0.1) is 0 Å². The monoisotopic (exact) mass is 388 g/mol. The zero-order valence-corrected chi connectivity index (χ0v) is 16.0. The molecule has 1 atom stereocenters. The lowest BCUT2D eigenvalue weighted by Crippen LogP contribution is -2.46. The molecule has 146 valence electrons. The first-order valence-electron chi connectivity index (χ1n) is 9.74. The van der Waals surface area contributed by atoms with Gasteiger partial charge < -0.3 is 9.73 Å². The number of nitrogens with one attached hydrogen (secondary N) is 1. The van der Waals surface area contributed by atoms with Gasteiger partial charge in [0.1, 0.15) is 11.1 Å². The van der Waals surface area contributed by atoms with Crippen LogP contribution in [0.4, 0.5) is 4.79 Å². The lowest BCUT2D eigenvalue weighted by Gasteiger charge is -2.33. The minimum Gasteiger partial charge on any atom is -0.423 e. The predicted molar refractivity (Wildman–Crippen MR) is 107 cm³/mol. The fraction of sp³-hybridized carbons (Fsp3) is 0.261. The number of amides is 3. The van der Waals surface area contributed by atoms with Crippen molar-refractivity contribution in [2.45, 2.75) is 38.3 Å². The molecule has 1 aliphatic heterocycles. The molecule has 3 aromatic rings. The van der Waals surface area contributed by atoms with Crippen LogP contribution in [0.2, 0.25) is 0 Å². The molecule has 1 aromatic heterocycles. The standard InChI is InChI=1S/C23H20N2O4/c1-14-8-9-17-16(12-20(26)29-19(17)11-14)13-25-21(27)23(24-22(25)28)10-4-6-15-5-2-3-7-18(15)23/h2-3,5,7-9,11-12H,4,6,10,13H2,1H3,(H,24,28)/t23-/m1/s1. The van der Waals surface area contributed by atoms with Gasteiger partial charge in [0.25, 0.3) is 5.91 Å². The van der Waals surface area contributed by atoms with E-state index in [1.165, 1.54) is 11.0 Å². The summed E-state index contributed by atoms with van der Waals surface area (Å²) >= 11 is 0. The maximum atomic E-state index is 13.5. The summed E-state index contributed by atoms with van der Waals surface area (Å²) in [4.78, 5) is 39.6. The number of urea groups is 1. The Hall–Kier alpha value is -3.41. The van der Waals surface area contributed by atoms with Crippen molar-refractivity contribution in [2.75, 3.05) is 0 Å². The van der Waals surface area contributed by atoms with Gasteiger partial charge in [0.15, 0.2) is 0 Å². The van der Waals surface area contributed by atoms with Gasteiger partial charge in [-0.05, 0) is 54.5 Å². The summed E-state index contributed by atoms with van der Waals surface area (Å²) in [6, 6.07) is 14.3. The Labute approximate surface area is 167 Å². The zero-order chi connectivity index (χ0) is 20.2. The van der Waals surface area contributed by atoms with Crippen LogP contribution in [-0.2, 0) is 23.3 Å². The van der Waals surface area contributed by atoms with Crippen molar-refractivity contribution < 1.29 is 14.0 Å². The third kappa shape index (κ3) is 2.67. The van der Waals surface area contributed by atoms with Crippen LogP contribution in [0, 0.1) is 6.92 Å². The first-order valence-corrected chi connectivity index (χ1v) is 9.74. The number of benzene rings is 2. The lowest BCUT2D eigenvalue weighted by molar-refractivity contribution is -0.132. The van der Waals surface area contributed by atoms with Crippen LogP contribution in [0.25, 0.3) is 11.0 Å². The van der Waals surface area contributed by atoms with E-state index in [9.17, 15) is 14.4 Å². The molecule has 6 heteroatoms. The molecule has 6 nitrogen and oxygen atoms in total. The maximum Gasteiger partial charge on any atom is 0.336 e. The van der Waals surface area contributed by atoms with Gasteiger partial charge in [-0.1, -0.05) is 36.4 Å². The molecule has 5 rings (SSSR count). The minimum atomic E-state index is -1.02. The Kier molecular flexibility index (Phi) is 3.84. The molecule has 2 aliphatic rings. The predicted octanol–water partition coefficient (Wildman–Crippen LogP) is 3.39. The number of aryl methyl sites for hydroxylation is 2. The lowest BCUT2D eigenvalue weighted by atomic mass is 9.76. The van der Waals surface area contributed by atoms with Gasteiger partial charge in [0.2, 0.25) is 0 Å². The van der Waals surface area contributed by atoms with Crippen molar-refractivity contribution in [3.05, 3.63) is 81.2 Å². The Morgan fingerprint density at radius 1 is 1.10 bits per heavy atom. The molecule has 29 heavy (non-hydrogen) atoms. The highest BCUT2D eigenvalue weighted by molar-refractivity contribution is 6.08. The fourth-order valence-corrected chi connectivity index (χ4v) is 4.59. The Bertz CT molecular complexity index is 1230. The summed E-state index contributed by atoms with van der Waals surface area (Å²) in [5.41, 5.74) is 2.47. The third-order valence-corrected chi connectivity index (χ3v) is 5.96. The molecule has 0 bridgehead atoms. The molecule has 2 heterocycles. The third-order valence-electron chi connectivity index (χ3n) is 5.96. The second kappa shape index (κ2) is 6.30. The van der Waals surface area contributed by atoms with E-state index in [1.807, 2.05) is 43.3 Å². The number of hydrogen-bond acceptors (Lipinski definition) is 4. The van der Waals surface area contributed by atoms with Crippen LogP contribution in [0.5, 0.6) is 0 Å². The van der Waals surface area contributed by atoms with Gasteiger partial charge in [-0.25, -0.2) is 9.59 Å². The quantitative estimate of drug-likeness (QED) is 0.539. The molecule has 1 aliphatic carbocycles. The largest absolute Gasteiger partial charge is 0.423 e. The zero-order valence-electron chi connectivity index (χ0n) is 16.0. The molecule has 1 saturated heterocycles. The molecule has 1 fully saturated rings. The second-order valence-electron chi connectivity index (χ2n) is 7.83. The average Bonchev–Trinajstić information content (AvgIpc) is 2.92. The number of carbonyl (C=O) groups excluding carboxylic acids is 2. The molecular formula is C23H20N2O4. The highest BCUT2D eigenvalue weighted by Crippen LogP contribution is 2.40. The molecule has 2 aromatic carbocycles. The van der Waals surface area contributed by atoms with Crippen LogP contribution in [0.1, 0.15) is 35.1 Å². The summed E-state index contributed by atoms with van der Waals surface area (Å²) in [6.07, 6.45) is 2.29. The van der Waals surface area contributed by atoms with E-state index in [4.69, 9.17) is 4.42 Å². The van der Waals surface area contributed by atoms with E-state index in [1.54, 1.807) is 6.07 Å². The van der Waals surface area contributed by atoms with Crippen LogP contribution in [-0.4, -0.2) is 16.8 Å². The van der Waals surface area contributed by atoms with Gasteiger partial charge in [0, 0.05) is 11.5 Å². The Balaban J connectivity index is 1.56. The van der Waals surface area contributed by atoms with Crippen LogP contribution < -0.4 is 10.9 Å².